The largest absolute Gasteiger partial charge is 0.233 e. The maximum absolute atomic E-state index is 5.25. The number of allylic oxidation sites excluding steroid dienone is 5. The zero-order valence-electron chi connectivity index (χ0n) is 32.3. The van der Waals surface area contributed by atoms with E-state index in [1.807, 2.05) is 18.2 Å². The standard InChI is InChI=1S/C55H44N2/c1-38(43-26-18-28-45(36-43)48-31-13-12-30-47(48)40-20-6-3-7-21-40)56-55(42-24-10-5-11-25-42)57-39(2)44-27-19-29-46(37-44)54-51-34-16-14-32-49(51)53(41-22-8-4-9-23-41)50-33-15-17-35-52(50)54/h3,5-8,10-14,16-32,34-37H,1,4,9,15,33H2,2H3. The highest BCUT2D eigenvalue weighted by atomic mass is 14.9. The van der Waals surface area contributed by atoms with E-state index in [-0.39, 0.29) is 0 Å². The highest BCUT2D eigenvalue weighted by Gasteiger charge is 2.22. The summed E-state index contributed by atoms with van der Waals surface area (Å²) < 4.78 is 0. The smallest absolute Gasteiger partial charge is 0.160 e. The van der Waals surface area contributed by atoms with Gasteiger partial charge in [0.1, 0.15) is 0 Å². The van der Waals surface area contributed by atoms with E-state index in [4.69, 9.17) is 9.98 Å². The Morgan fingerprint density at radius 3 is 1.86 bits per heavy atom. The lowest BCUT2D eigenvalue weighted by atomic mass is 9.79. The van der Waals surface area contributed by atoms with Crippen LogP contribution in [0.4, 0.5) is 0 Å². The molecular weight excluding hydrogens is 689 g/mol. The van der Waals surface area contributed by atoms with E-state index in [0.717, 1.165) is 53.6 Å². The summed E-state index contributed by atoms with van der Waals surface area (Å²) in [7, 11) is 0. The van der Waals surface area contributed by atoms with Crippen molar-refractivity contribution in [2.75, 3.05) is 0 Å². The van der Waals surface area contributed by atoms with Gasteiger partial charge in [-0.1, -0.05) is 183 Å². The van der Waals surface area contributed by atoms with Crippen molar-refractivity contribution in [2.45, 2.75) is 32.6 Å². The van der Waals surface area contributed by atoms with Crippen LogP contribution in [-0.2, 0) is 6.42 Å². The van der Waals surface area contributed by atoms with Gasteiger partial charge in [0.05, 0.1) is 5.70 Å². The second-order valence-electron chi connectivity index (χ2n) is 14.8. The van der Waals surface area contributed by atoms with E-state index in [0.29, 0.717) is 11.5 Å². The van der Waals surface area contributed by atoms with E-state index in [1.165, 1.54) is 60.9 Å². The molecule has 0 fully saturated rings. The van der Waals surface area contributed by atoms with Crippen molar-refractivity contribution in [2.24, 2.45) is 9.98 Å². The van der Waals surface area contributed by atoms with Gasteiger partial charge in [-0.2, -0.15) is 0 Å². The van der Waals surface area contributed by atoms with Crippen LogP contribution in [0.25, 0.3) is 61.5 Å². The van der Waals surface area contributed by atoms with Crippen molar-refractivity contribution in [3.63, 3.8) is 0 Å². The number of rotatable bonds is 8. The van der Waals surface area contributed by atoms with Gasteiger partial charge in [0, 0.05) is 16.8 Å². The molecule has 0 atom stereocenters. The van der Waals surface area contributed by atoms with Crippen LogP contribution in [0.15, 0.2) is 199 Å². The monoisotopic (exact) mass is 732 g/mol. The summed E-state index contributed by atoms with van der Waals surface area (Å²) in [6.07, 6.45) is 16.0. The van der Waals surface area contributed by atoms with Gasteiger partial charge in [-0.15, -0.1) is 0 Å². The lowest BCUT2D eigenvalue weighted by Gasteiger charge is -2.25. The van der Waals surface area contributed by atoms with Crippen LogP contribution in [0.1, 0.15) is 59.6 Å². The Balaban J connectivity index is 1.11. The van der Waals surface area contributed by atoms with E-state index in [1.54, 1.807) is 0 Å². The van der Waals surface area contributed by atoms with Gasteiger partial charge in [0.15, 0.2) is 5.84 Å². The van der Waals surface area contributed by atoms with Crippen molar-refractivity contribution < 1.29 is 0 Å². The van der Waals surface area contributed by atoms with Crippen molar-refractivity contribution >= 4 is 39.7 Å². The number of benzene rings is 7. The molecule has 2 aliphatic rings. The van der Waals surface area contributed by atoms with Gasteiger partial charge >= 0.3 is 0 Å². The molecule has 0 aromatic heterocycles. The predicted octanol–water partition coefficient (Wildman–Crippen LogP) is 14.5. The summed E-state index contributed by atoms with van der Waals surface area (Å²) >= 11 is 0. The highest BCUT2D eigenvalue weighted by molar-refractivity contribution is 6.14. The average Bonchev–Trinajstić information content (AvgIpc) is 3.28. The molecular formula is C55H44N2. The Kier molecular flexibility index (Phi) is 10.1. The van der Waals surface area contributed by atoms with Crippen LogP contribution in [0.5, 0.6) is 0 Å². The third kappa shape index (κ3) is 7.31. The zero-order chi connectivity index (χ0) is 38.6. The summed E-state index contributed by atoms with van der Waals surface area (Å²) in [4.78, 5) is 10.4. The summed E-state index contributed by atoms with van der Waals surface area (Å²) in [6.45, 7) is 6.56. The van der Waals surface area contributed by atoms with Gasteiger partial charge in [0.25, 0.3) is 0 Å². The fraction of sp³-hybridized carbons (Fsp3) is 0.0909. The van der Waals surface area contributed by atoms with Crippen LogP contribution in [0.2, 0.25) is 0 Å². The van der Waals surface area contributed by atoms with Gasteiger partial charge in [-0.05, 0) is 117 Å². The second kappa shape index (κ2) is 16.1. The number of hydrogen-bond donors (Lipinski definition) is 0. The number of aliphatic imine (C=N–C) groups is 2. The first-order valence-electron chi connectivity index (χ1n) is 20.0. The molecule has 0 heterocycles. The van der Waals surface area contributed by atoms with Gasteiger partial charge < -0.3 is 0 Å². The summed E-state index contributed by atoms with van der Waals surface area (Å²) in [6, 6.07) is 55.6. The van der Waals surface area contributed by atoms with Gasteiger partial charge in [0.2, 0.25) is 0 Å². The number of fused-ring (bicyclic) bond motifs is 2. The quantitative estimate of drug-likeness (QED) is 0.110. The molecule has 0 unspecified atom stereocenters. The predicted molar refractivity (Wildman–Crippen MR) is 245 cm³/mol. The fourth-order valence-electron chi connectivity index (χ4n) is 8.35. The minimum atomic E-state index is 0.627. The molecule has 7 aromatic rings. The molecule has 0 saturated heterocycles. The van der Waals surface area contributed by atoms with E-state index in [2.05, 4.69) is 183 Å². The lowest BCUT2D eigenvalue weighted by Crippen LogP contribution is -2.06. The third-order valence-electron chi connectivity index (χ3n) is 11.1. The second-order valence-corrected chi connectivity index (χ2v) is 14.8. The molecule has 2 heteroatoms. The summed E-state index contributed by atoms with van der Waals surface area (Å²) in [5, 5.41) is 2.60. The molecule has 0 amide bonds. The van der Waals surface area contributed by atoms with Crippen molar-refractivity contribution in [3.05, 3.63) is 222 Å². The Morgan fingerprint density at radius 2 is 1.11 bits per heavy atom. The van der Waals surface area contributed by atoms with E-state index >= 15 is 0 Å². The Labute approximate surface area is 336 Å². The SMILES string of the molecule is C=C(N=C(N=C(C)c1cccc(-c2c3c(c(C4=CCCC=C4)c4ccccc24)CCC=C3)c1)c1ccccc1)c1cccc(-c2ccccc2-c2ccccc2)c1. The molecule has 0 aliphatic heterocycles. The van der Waals surface area contributed by atoms with Crippen LogP contribution in [-0.4, -0.2) is 11.5 Å². The van der Waals surface area contributed by atoms with Crippen LogP contribution in [0.3, 0.4) is 0 Å². The van der Waals surface area contributed by atoms with Crippen LogP contribution in [0, 0.1) is 0 Å². The Bertz CT molecular complexity index is 2790. The van der Waals surface area contributed by atoms with Crippen molar-refractivity contribution in [3.8, 4) is 33.4 Å². The summed E-state index contributed by atoms with van der Waals surface area (Å²) in [5.41, 5.74) is 17.2. The van der Waals surface area contributed by atoms with E-state index in [9.17, 15) is 0 Å². The Morgan fingerprint density at radius 1 is 0.509 bits per heavy atom. The van der Waals surface area contributed by atoms with Crippen LogP contribution >= 0.6 is 0 Å². The molecule has 0 radical (unpaired) electrons. The molecule has 2 aliphatic carbocycles. The van der Waals surface area contributed by atoms with Crippen molar-refractivity contribution in [1.82, 2.24) is 0 Å². The molecule has 7 aromatic carbocycles. The molecule has 9 rings (SSSR count). The fourth-order valence-corrected chi connectivity index (χ4v) is 8.35. The maximum atomic E-state index is 5.25. The first kappa shape index (κ1) is 35.8. The molecule has 2 nitrogen and oxygen atoms in total. The normalized spacial score (nSPS) is 14.0. The van der Waals surface area contributed by atoms with Crippen molar-refractivity contribution in [1.29, 1.82) is 0 Å². The van der Waals surface area contributed by atoms with E-state index < -0.39 is 0 Å². The molecule has 274 valence electrons. The first-order chi connectivity index (χ1) is 28.1. The van der Waals surface area contributed by atoms with Crippen LogP contribution < -0.4 is 0 Å². The zero-order valence-corrected chi connectivity index (χ0v) is 32.3. The lowest BCUT2D eigenvalue weighted by molar-refractivity contribution is 0.982. The third-order valence-corrected chi connectivity index (χ3v) is 11.1. The first-order valence-corrected chi connectivity index (χ1v) is 20.0. The number of hydrogen-bond acceptors (Lipinski definition) is 1. The minimum absolute atomic E-state index is 0.627. The number of amidine groups is 1. The highest BCUT2D eigenvalue weighted by Crippen LogP contribution is 2.44. The Hall–Kier alpha value is -6.90. The molecule has 0 spiro atoms. The average molecular weight is 733 g/mol. The topological polar surface area (TPSA) is 24.7 Å². The van der Waals surface area contributed by atoms with Gasteiger partial charge in [-0.3, -0.25) is 0 Å². The molecule has 0 bridgehead atoms. The molecule has 0 saturated carbocycles. The maximum Gasteiger partial charge on any atom is 0.160 e. The molecule has 0 N–H and O–H groups in total. The van der Waals surface area contributed by atoms with Gasteiger partial charge in [-0.25, -0.2) is 9.98 Å². The number of nitrogens with zero attached hydrogens (tertiary/aromatic N) is 2. The summed E-state index contributed by atoms with van der Waals surface area (Å²) in [5.74, 6) is 0.627. The molecule has 57 heavy (non-hydrogen) atoms. The minimum Gasteiger partial charge on any atom is -0.233 e.